The van der Waals surface area contributed by atoms with E-state index in [4.69, 9.17) is 19.3 Å². The van der Waals surface area contributed by atoms with E-state index in [1.165, 1.54) is 31.3 Å². The van der Waals surface area contributed by atoms with Crippen LogP contribution < -0.4 is 14.2 Å². The Morgan fingerprint density at radius 1 is 1.04 bits per heavy atom. The van der Waals surface area contributed by atoms with Gasteiger partial charge >= 0.3 is 5.97 Å². The van der Waals surface area contributed by atoms with Crippen LogP contribution in [0.5, 0.6) is 17.2 Å². The molecule has 0 bridgehead atoms. The van der Waals surface area contributed by atoms with Crippen molar-refractivity contribution in [2.45, 2.75) is 26.5 Å². The largest absolute Gasteiger partial charge is 0.493 e. The summed E-state index contributed by atoms with van der Waals surface area (Å²) < 4.78 is 16.7. The van der Waals surface area contributed by atoms with Crippen LogP contribution >= 0.6 is 0 Å². The van der Waals surface area contributed by atoms with Gasteiger partial charge in [0.05, 0.1) is 14.2 Å². The Balaban J connectivity index is 2.35. The van der Waals surface area contributed by atoms with Crippen LogP contribution in [-0.4, -0.2) is 48.7 Å². The molecular weight excluding hydrogens is 362 g/mol. The molecule has 0 aliphatic carbocycles. The van der Waals surface area contributed by atoms with Gasteiger partial charge in [0, 0.05) is 11.6 Å². The van der Waals surface area contributed by atoms with Gasteiger partial charge in [-0.15, -0.1) is 0 Å². The van der Waals surface area contributed by atoms with E-state index < -0.39 is 18.4 Å². The minimum atomic E-state index is -1.08. The fourth-order valence-corrected chi connectivity index (χ4v) is 2.68. The third-order valence-corrected chi connectivity index (χ3v) is 4.12. The first-order valence-corrected chi connectivity index (χ1v) is 8.82. The zero-order valence-electron chi connectivity index (χ0n) is 16.5. The normalized spacial score (nSPS) is 10.5. The summed E-state index contributed by atoms with van der Waals surface area (Å²) in [7, 11) is 2.94. The molecule has 0 saturated carbocycles. The first-order chi connectivity index (χ1) is 13.4. The summed E-state index contributed by atoms with van der Waals surface area (Å²) in [4.78, 5) is 25.2. The van der Waals surface area contributed by atoms with Gasteiger partial charge < -0.3 is 24.2 Å². The average Bonchev–Trinajstić information content (AvgIpc) is 2.69. The fraction of sp³-hybridized carbons (Fsp3) is 0.333. The van der Waals surface area contributed by atoms with Crippen molar-refractivity contribution < 1.29 is 28.9 Å². The van der Waals surface area contributed by atoms with Crippen LogP contribution in [0.15, 0.2) is 42.5 Å². The van der Waals surface area contributed by atoms with E-state index in [1.54, 1.807) is 13.8 Å². The van der Waals surface area contributed by atoms with E-state index in [2.05, 4.69) is 0 Å². The van der Waals surface area contributed by atoms with E-state index in [-0.39, 0.29) is 11.6 Å². The van der Waals surface area contributed by atoms with Crippen LogP contribution in [0.4, 0.5) is 0 Å². The first kappa shape index (κ1) is 21.1. The smallest absolute Gasteiger partial charge is 0.323 e. The van der Waals surface area contributed by atoms with Gasteiger partial charge in [-0.25, -0.2) is 0 Å². The highest BCUT2D eigenvalue weighted by Gasteiger charge is 2.24. The summed E-state index contributed by atoms with van der Waals surface area (Å²) in [5.41, 5.74) is 1.23. The quantitative estimate of drug-likeness (QED) is 0.711. The highest BCUT2D eigenvalue weighted by molar-refractivity contribution is 5.97. The van der Waals surface area contributed by atoms with Crippen molar-refractivity contribution in [2.24, 2.45) is 0 Å². The summed E-state index contributed by atoms with van der Waals surface area (Å²) >= 11 is 0. The van der Waals surface area contributed by atoms with Crippen molar-refractivity contribution in [3.05, 3.63) is 53.6 Å². The molecule has 7 nitrogen and oxygen atoms in total. The van der Waals surface area contributed by atoms with Gasteiger partial charge in [-0.3, -0.25) is 9.59 Å². The summed E-state index contributed by atoms with van der Waals surface area (Å²) in [5.74, 6) is -0.470. The van der Waals surface area contributed by atoms with Crippen molar-refractivity contribution >= 4 is 11.9 Å². The Labute approximate surface area is 164 Å². The number of carbonyl (C=O) groups excluding carboxylic acids is 1. The Morgan fingerprint density at radius 2 is 1.61 bits per heavy atom. The second-order valence-electron chi connectivity index (χ2n) is 6.40. The molecule has 7 heteroatoms. The Bertz CT molecular complexity index is 794. The molecule has 0 spiro atoms. The number of benzene rings is 2. The highest BCUT2D eigenvalue weighted by atomic mass is 16.5. The van der Waals surface area contributed by atoms with Crippen LogP contribution in [0.25, 0.3) is 0 Å². The lowest BCUT2D eigenvalue weighted by atomic mass is 10.1. The number of carboxylic acids is 1. The monoisotopic (exact) mass is 387 g/mol. The van der Waals surface area contributed by atoms with Gasteiger partial charge in [0.25, 0.3) is 5.91 Å². The SMILES string of the molecule is COc1cc(C(=O)N(CC(=O)O)C(C)C)cc(OC)c1OCc1ccccc1. The van der Waals surface area contributed by atoms with E-state index in [0.29, 0.717) is 23.9 Å². The topological polar surface area (TPSA) is 85.3 Å². The molecule has 1 amide bonds. The number of nitrogens with zero attached hydrogens (tertiary/aromatic N) is 1. The van der Waals surface area contributed by atoms with Crippen molar-refractivity contribution in [3.63, 3.8) is 0 Å². The summed E-state index contributed by atoms with van der Waals surface area (Å²) in [6.07, 6.45) is 0. The molecule has 0 saturated heterocycles. The second kappa shape index (κ2) is 9.64. The van der Waals surface area contributed by atoms with Gasteiger partial charge in [-0.05, 0) is 31.5 Å². The van der Waals surface area contributed by atoms with Crippen LogP contribution in [-0.2, 0) is 11.4 Å². The molecule has 0 heterocycles. The van der Waals surface area contributed by atoms with Crippen molar-refractivity contribution in [2.75, 3.05) is 20.8 Å². The highest BCUT2D eigenvalue weighted by Crippen LogP contribution is 2.39. The zero-order valence-corrected chi connectivity index (χ0v) is 16.5. The van der Waals surface area contributed by atoms with Crippen LogP contribution in [0, 0.1) is 0 Å². The Kier molecular flexibility index (Phi) is 7.26. The van der Waals surface area contributed by atoms with E-state index >= 15 is 0 Å². The molecule has 28 heavy (non-hydrogen) atoms. The van der Waals surface area contributed by atoms with Crippen LogP contribution in [0.2, 0.25) is 0 Å². The van der Waals surface area contributed by atoms with E-state index in [1.807, 2.05) is 30.3 Å². The minimum Gasteiger partial charge on any atom is -0.493 e. The lowest BCUT2D eigenvalue weighted by Crippen LogP contribution is -2.40. The molecule has 2 aromatic rings. The van der Waals surface area contributed by atoms with Gasteiger partial charge in [-0.1, -0.05) is 30.3 Å². The molecule has 0 aliphatic heterocycles. The van der Waals surface area contributed by atoms with Crippen LogP contribution in [0.3, 0.4) is 0 Å². The summed E-state index contributed by atoms with van der Waals surface area (Å²) in [6.45, 7) is 3.42. The molecule has 0 aliphatic rings. The molecule has 0 aromatic heterocycles. The standard InChI is InChI=1S/C21H25NO6/c1-14(2)22(12-19(23)24)21(25)16-10-17(26-3)20(18(11-16)27-4)28-13-15-8-6-5-7-9-15/h5-11,14H,12-13H2,1-4H3,(H,23,24). The molecule has 0 unspecified atom stereocenters. The van der Waals surface area contributed by atoms with Gasteiger partial charge in [0.15, 0.2) is 11.5 Å². The van der Waals surface area contributed by atoms with Crippen molar-refractivity contribution in [1.29, 1.82) is 0 Å². The maximum atomic E-state index is 12.9. The number of rotatable bonds is 9. The first-order valence-electron chi connectivity index (χ1n) is 8.82. The number of carbonyl (C=O) groups is 2. The number of hydrogen-bond donors (Lipinski definition) is 1. The number of carboxylic acid groups (broad SMARTS) is 1. The third kappa shape index (κ3) is 5.16. The number of amides is 1. The molecule has 0 radical (unpaired) electrons. The molecule has 0 atom stereocenters. The lowest BCUT2D eigenvalue weighted by Gasteiger charge is -2.25. The van der Waals surface area contributed by atoms with Crippen molar-refractivity contribution in [3.8, 4) is 17.2 Å². The third-order valence-electron chi connectivity index (χ3n) is 4.12. The fourth-order valence-electron chi connectivity index (χ4n) is 2.68. The number of ether oxygens (including phenoxy) is 3. The van der Waals surface area contributed by atoms with E-state index in [0.717, 1.165) is 5.56 Å². The van der Waals surface area contributed by atoms with Gasteiger partial charge in [0.1, 0.15) is 13.2 Å². The number of aliphatic carboxylic acids is 1. The zero-order chi connectivity index (χ0) is 20.7. The Hall–Kier alpha value is -3.22. The maximum Gasteiger partial charge on any atom is 0.323 e. The summed E-state index contributed by atoms with van der Waals surface area (Å²) in [5, 5.41) is 9.09. The second-order valence-corrected chi connectivity index (χ2v) is 6.40. The Morgan fingerprint density at radius 3 is 2.07 bits per heavy atom. The van der Waals surface area contributed by atoms with Crippen molar-refractivity contribution in [1.82, 2.24) is 4.90 Å². The maximum absolute atomic E-state index is 12.9. The molecule has 2 aromatic carbocycles. The number of methoxy groups -OCH3 is 2. The predicted octanol–water partition coefficient (Wildman–Crippen LogP) is 3.22. The lowest BCUT2D eigenvalue weighted by molar-refractivity contribution is -0.138. The molecule has 150 valence electrons. The molecular formula is C21H25NO6. The molecule has 1 N–H and O–H groups in total. The van der Waals surface area contributed by atoms with Gasteiger partial charge in [0.2, 0.25) is 5.75 Å². The predicted molar refractivity (Wildman–Crippen MR) is 104 cm³/mol. The average molecular weight is 387 g/mol. The van der Waals surface area contributed by atoms with Gasteiger partial charge in [-0.2, -0.15) is 0 Å². The minimum absolute atomic E-state index is 0.260. The summed E-state index contributed by atoms with van der Waals surface area (Å²) in [6, 6.07) is 12.4. The molecule has 2 rings (SSSR count). The number of hydrogen-bond acceptors (Lipinski definition) is 5. The molecule has 0 fully saturated rings. The van der Waals surface area contributed by atoms with E-state index in [9.17, 15) is 9.59 Å². The van der Waals surface area contributed by atoms with Crippen LogP contribution in [0.1, 0.15) is 29.8 Å².